The summed E-state index contributed by atoms with van der Waals surface area (Å²) in [6.45, 7) is 4.39. The Bertz CT molecular complexity index is 413. The van der Waals surface area contributed by atoms with E-state index in [4.69, 9.17) is 0 Å². The molecular weight excluding hydrogens is 236 g/mol. The van der Waals surface area contributed by atoms with E-state index in [2.05, 4.69) is 25.0 Å². The molecule has 2 rings (SSSR count). The molecular formula is C16H28N2O. The van der Waals surface area contributed by atoms with Gasteiger partial charge in [0.05, 0.1) is 11.3 Å². The summed E-state index contributed by atoms with van der Waals surface area (Å²) >= 11 is 0. The molecule has 1 N–H and O–H groups in total. The molecule has 3 heteroatoms. The van der Waals surface area contributed by atoms with Gasteiger partial charge in [-0.15, -0.1) is 0 Å². The molecule has 0 saturated heterocycles. The third kappa shape index (κ3) is 3.59. The monoisotopic (exact) mass is 264 g/mol. The fraction of sp³-hybridized carbons (Fsp3) is 0.812. The van der Waals surface area contributed by atoms with Crippen molar-refractivity contribution in [3.05, 3.63) is 17.5 Å². The first-order chi connectivity index (χ1) is 9.06. The molecule has 3 nitrogen and oxygen atoms in total. The number of aryl methyl sites for hydroxylation is 2. The van der Waals surface area contributed by atoms with Crippen LogP contribution >= 0.6 is 0 Å². The van der Waals surface area contributed by atoms with Crippen molar-refractivity contribution >= 4 is 0 Å². The summed E-state index contributed by atoms with van der Waals surface area (Å²) in [5, 5.41) is 15.4. The molecule has 1 saturated carbocycles. The van der Waals surface area contributed by atoms with Crippen molar-refractivity contribution in [2.45, 2.75) is 70.8 Å². The van der Waals surface area contributed by atoms with Crippen LogP contribution in [-0.4, -0.2) is 20.5 Å². The molecule has 0 bridgehead atoms. The molecule has 0 spiro atoms. The van der Waals surface area contributed by atoms with Gasteiger partial charge in [0, 0.05) is 19.2 Å². The maximum Gasteiger partial charge on any atom is 0.0703 e. The van der Waals surface area contributed by atoms with Crippen molar-refractivity contribution < 1.29 is 5.11 Å². The molecule has 1 heterocycles. The quantitative estimate of drug-likeness (QED) is 0.848. The molecule has 1 aromatic heterocycles. The van der Waals surface area contributed by atoms with Crippen molar-refractivity contribution in [3.8, 4) is 0 Å². The number of rotatable bonds is 4. The molecule has 0 radical (unpaired) electrons. The predicted octanol–water partition coefficient (Wildman–Crippen LogP) is 3.25. The maximum atomic E-state index is 10.9. The molecule has 1 aliphatic rings. The van der Waals surface area contributed by atoms with Crippen molar-refractivity contribution in [2.24, 2.45) is 13.0 Å². The van der Waals surface area contributed by atoms with Gasteiger partial charge >= 0.3 is 0 Å². The van der Waals surface area contributed by atoms with Crippen LogP contribution in [0, 0.1) is 5.92 Å². The summed E-state index contributed by atoms with van der Waals surface area (Å²) in [5.74, 6) is 0.812. The SMILES string of the molecule is CCc1cc(CC2(O)CCCC(CC)CC2)n(C)n1. The van der Waals surface area contributed by atoms with Gasteiger partial charge in [-0.1, -0.05) is 33.1 Å². The largest absolute Gasteiger partial charge is 0.389 e. The number of aromatic nitrogens is 2. The van der Waals surface area contributed by atoms with E-state index in [1.165, 1.54) is 25.0 Å². The lowest BCUT2D eigenvalue weighted by molar-refractivity contribution is 0.0224. The molecule has 108 valence electrons. The predicted molar refractivity (Wildman–Crippen MR) is 78.1 cm³/mol. The highest BCUT2D eigenvalue weighted by Crippen LogP contribution is 2.34. The van der Waals surface area contributed by atoms with Crippen LogP contribution in [0.15, 0.2) is 6.07 Å². The Labute approximate surface area is 117 Å². The molecule has 1 fully saturated rings. The molecule has 2 atom stereocenters. The highest BCUT2D eigenvalue weighted by atomic mass is 16.3. The van der Waals surface area contributed by atoms with Crippen molar-refractivity contribution in [1.82, 2.24) is 9.78 Å². The van der Waals surface area contributed by atoms with Crippen LogP contribution in [0.5, 0.6) is 0 Å². The number of aliphatic hydroxyl groups is 1. The van der Waals surface area contributed by atoms with Crippen molar-refractivity contribution in [3.63, 3.8) is 0 Å². The number of hydrogen-bond donors (Lipinski definition) is 1. The first-order valence-corrected chi connectivity index (χ1v) is 7.80. The van der Waals surface area contributed by atoms with E-state index in [1.54, 1.807) is 0 Å². The second-order valence-electron chi connectivity index (χ2n) is 6.21. The Hall–Kier alpha value is -0.830. The van der Waals surface area contributed by atoms with E-state index >= 15 is 0 Å². The maximum absolute atomic E-state index is 10.9. The van der Waals surface area contributed by atoms with E-state index in [1.807, 2.05) is 11.7 Å². The second kappa shape index (κ2) is 6.08. The van der Waals surface area contributed by atoms with Crippen LogP contribution in [0.2, 0.25) is 0 Å². The first-order valence-electron chi connectivity index (χ1n) is 7.80. The summed E-state index contributed by atoms with van der Waals surface area (Å²) in [5.41, 5.74) is 1.79. The first kappa shape index (κ1) is 14.6. The minimum atomic E-state index is -0.511. The molecule has 1 aliphatic carbocycles. The van der Waals surface area contributed by atoms with Gasteiger partial charge in [0.2, 0.25) is 0 Å². The summed E-state index contributed by atoms with van der Waals surface area (Å²) in [7, 11) is 1.99. The molecule has 2 unspecified atom stereocenters. The van der Waals surface area contributed by atoms with Crippen LogP contribution in [0.3, 0.4) is 0 Å². The van der Waals surface area contributed by atoms with Gasteiger partial charge in [0.15, 0.2) is 0 Å². The summed E-state index contributed by atoms with van der Waals surface area (Å²) in [6.07, 6.45) is 8.47. The summed E-state index contributed by atoms with van der Waals surface area (Å²) in [6, 6.07) is 2.15. The van der Waals surface area contributed by atoms with Gasteiger partial charge in [0.1, 0.15) is 0 Å². The molecule has 1 aromatic rings. The van der Waals surface area contributed by atoms with Crippen molar-refractivity contribution in [1.29, 1.82) is 0 Å². The molecule has 19 heavy (non-hydrogen) atoms. The normalized spacial score (nSPS) is 28.3. The van der Waals surface area contributed by atoms with Crippen molar-refractivity contribution in [2.75, 3.05) is 0 Å². The third-order valence-electron chi connectivity index (χ3n) is 4.75. The summed E-state index contributed by atoms with van der Waals surface area (Å²) in [4.78, 5) is 0. The van der Waals surface area contributed by atoms with E-state index in [-0.39, 0.29) is 0 Å². The van der Waals surface area contributed by atoms with Crippen LogP contribution in [0.25, 0.3) is 0 Å². The number of hydrogen-bond acceptors (Lipinski definition) is 2. The van der Waals surface area contributed by atoms with Crippen LogP contribution < -0.4 is 0 Å². The third-order valence-corrected chi connectivity index (χ3v) is 4.75. The van der Waals surface area contributed by atoms with Crippen LogP contribution in [-0.2, 0) is 19.9 Å². The Kier molecular flexibility index (Phi) is 4.67. The Morgan fingerprint density at radius 1 is 1.37 bits per heavy atom. The fourth-order valence-corrected chi connectivity index (χ4v) is 3.29. The Balaban J connectivity index is 2.05. The lowest BCUT2D eigenvalue weighted by atomic mass is 9.88. The van der Waals surface area contributed by atoms with Gasteiger partial charge < -0.3 is 5.11 Å². The van der Waals surface area contributed by atoms with Crippen LogP contribution in [0.1, 0.15) is 63.8 Å². The van der Waals surface area contributed by atoms with E-state index in [0.717, 1.165) is 43.7 Å². The lowest BCUT2D eigenvalue weighted by Gasteiger charge is -2.26. The highest BCUT2D eigenvalue weighted by Gasteiger charge is 2.31. The minimum absolute atomic E-state index is 0.511. The topological polar surface area (TPSA) is 38.0 Å². The molecule has 0 aromatic carbocycles. The Morgan fingerprint density at radius 3 is 2.79 bits per heavy atom. The average Bonchev–Trinajstić information content (AvgIpc) is 2.62. The Morgan fingerprint density at radius 2 is 2.16 bits per heavy atom. The average molecular weight is 264 g/mol. The second-order valence-corrected chi connectivity index (χ2v) is 6.21. The van der Waals surface area contributed by atoms with Gasteiger partial charge in [-0.05, 0) is 37.7 Å². The van der Waals surface area contributed by atoms with Crippen LogP contribution in [0.4, 0.5) is 0 Å². The van der Waals surface area contributed by atoms with Gasteiger partial charge in [0.25, 0.3) is 0 Å². The van der Waals surface area contributed by atoms with E-state index < -0.39 is 5.60 Å². The minimum Gasteiger partial charge on any atom is -0.389 e. The van der Waals surface area contributed by atoms with Gasteiger partial charge in [-0.2, -0.15) is 5.10 Å². The zero-order valence-corrected chi connectivity index (χ0v) is 12.7. The number of nitrogens with zero attached hydrogens (tertiary/aromatic N) is 2. The van der Waals surface area contributed by atoms with E-state index in [9.17, 15) is 5.11 Å². The zero-order chi connectivity index (χ0) is 13.9. The smallest absolute Gasteiger partial charge is 0.0703 e. The van der Waals surface area contributed by atoms with Gasteiger partial charge in [-0.25, -0.2) is 0 Å². The fourth-order valence-electron chi connectivity index (χ4n) is 3.29. The molecule has 0 amide bonds. The standard InChI is InChI=1S/C16H28N2O/c1-4-13-7-6-9-16(19,10-8-13)12-15-11-14(5-2)17-18(15)3/h11,13,19H,4-10,12H2,1-3H3. The molecule has 0 aliphatic heterocycles. The summed E-state index contributed by atoms with van der Waals surface area (Å²) < 4.78 is 1.94. The lowest BCUT2D eigenvalue weighted by Crippen LogP contribution is -2.31. The van der Waals surface area contributed by atoms with E-state index in [0.29, 0.717) is 0 Å². The highest BCUT2D eigenvalue weighted by molar-refractivity contribution is 5.13. The van der Waals surface area contributed by atoms with Gasteiger partial charge in [-0.3, -0.25) is 4.68 Å². The zero-order valence-electron chi connectivity index (χ0n) is 12.7.